The van der Waals surface area contributed by atoms with E-state index in [-0.39, 0.29) is 15.8 Å². The highest BCUT2D eigenvalue weighted by Gasteiger charge is 2.36. The van der Waals surface area contributed by atoms with E-state index in [1.807, 2.05) is 24.3 Å². The molecule has 1 unspecified atom stereocenters. The number of rotatable bonds is 5. The standard InChI is InChI=1S/C16H26BrNO2Si/c1-12(17)15(19)18-14-9-7-13(8-10-14)11-20-21(5,6)16(2,3)4/h7-10,12H,11H2,1-6H3,(H,18,19). The van der Waals surface area contributed by atoms with Crippen molar-refractivity contribution in [3.05, 3.63) is 29.8 Å². The van der Waals surface area contributed by atoms with Crippen molar-refractivity contribution in [3.63, 3.8) is 0 Å². The van der Waals surface area contributed by atoms with Crippen LogP contribution in [0.4, 0.5) is 5.69 Å². The van der Waals surface area contributed by atoms with Gasteiger partial charge in [0.05, 0.1) is 11.4 Å². The summed E-state index contributed by atoms with van der Waals surface area (Å²) in [6.45, 7) is 13.6. The summed E-state index contributed by atoms with van der Waals surface area (Å²) in [6.07, 6.45) is 0. The quantitative estimate of drug-likeness (QED) is 0.588. The fourth-order valence-corrected chi connectivity index (χ4v) is 2.48. The van der Waals surface area contributed by atoms with Crippen molar-refractivity contribution in [2.45, 2.75) is 57.3 Å². The number of anilines is 1. The zero-order chi connectivity index (χ0) is 16.3. The van der Waals surface area contributed by atoms with Gasteiger partial charge in [0.1, 0.15) is 0 Å². The van der Waals surface area contributed by atoms with Crippen molar-refractivity contribution in [2.24, 2.45) is 0 Å². The smallest absolute Gasteiger partial charge is 0.237 e. The first-order chi connectivity index (χ1) is 9.53. The Kier molecular flexibility index (Phi) is 6.19. The molecule has 1 rings (SSSR count). The number of halogens is 1. The number of hydrogen-bond donors (Lipinski definition) is 1. The monoisotopic (exact) mass is 371 g/mol. The molecule has 1 N–H and O–H groups in total. The Hall–Kier alpha value is -0.653. The normalized spacial score (nSPS) is 13.9. The van der Waals surface area contributed by atoms with Gasteiger partial charge in [0.25, 0.3) is 0 Å². The summed E-state index contributed by atoms with van der Waals surface area (Å²) in [5.41, 5.74) is 1.94. The van der Waals surface area contributed by atoms with Crippen molar-refractivity contribution in [1.82, 2.24) is 0 Å². The van der Waals surface area contributed by atoms with E-state index in [2.05, 4.69) is 55.1 Å². The lowest BCUT2D eigenvalue weighted by atomic mass is 10.2. The molecule has 0 heterocycles. The van der Waals surface area contributed by atoms with Gasteiger partial charge in [0.15, 0.2) is 8.32 Å². The number of amides is 1. The van der Waals surface area contributed by atoms with Crippen molar-refractivity contribution in [2.75, 3.05) is 5.32 Å². The number of hydrogen-bond acceptors (Lipinski definition) is 2. The van der Waals surface area contributed by atoms with Gasteiger partial charge in [0.2, 0.25) is 5.91 Å². The SMILES string of the molecule is CC(Br)C(=O)Nc1ccc(CO[Si](C)(C)C(C)(C)C)cc1. The minimum absolute atomic E-state index is 0.0414. The van der Waals surface area contributed by atoms with Gasteiger partial charge >= 0.3 is 0 Å². The third-order valence-electron chi connectivity index (χ3n) is 3.99. The van der Waals surface area contributed by atoms with Crippen molar-refractivity contribution in [3.8, 4) is 0 Å². The van der Waals surface area contributed by atoms with Crippen LogP contribution < -0.4 is 5.32 Å². The number of carbonyl (C=O) groups excluding carboxylic acids is 1. The largest absolute Gasteiger partial charge is 0.413 e. The average molecular weight is 372 g/mol. The summed E-state index contributed by atoms with van der Waals surface area (Å²) in [5.74, 6) is -0.0414. The third-order valence-corrected chi connectivity index (χ3v) is 8.88. The number of benzene rings is 1. The zero-order valence-corrected chi connectivity index (χ0v) is 16.4. The molecule has 1 aromatic rings. The molecule has 118 valence electrons. The van der Waals surface area contributed by atoms with Crippen LogP contribution in [0.15, 0.2) is 24.3 Å². The molecule has 0 saturated carbocycles. The first-order valence-corrected chi connectivity index (χ1v) is 11.0. The van der Waals surface area contributed by atoms with E-state index < -0.39 is 8.32 Å². The summed E-state index contributed by atoms with van der Waals surface area (Å²) in [5, 5.41) is 3.06. The Morgan fingerprint density at radius 3 is 2.24 bits per heavy atom. The van der Waals surface area contributed by atoms with Crippen LogP contribution in [0.2, 0.25) is 18.1 Å². The average Bonchev–Trinajstić information content (AvgIpc) is 2.36. The topological polar surface area (TPSA) is 38.3 Å². The molecule has 0 aliphatic heterocycles. The van der Waals surface area contributed by atoms with Gasteiger partial charge in [-0.1, -0.05) is 48.8 Å². The van der Waals surface area contributed by atoms with E-state index in [1.54, 1.807) is 6.92 Å². The van der Waals surface area contributed by atoms with E-state index in [4.69, 9.17) is 4.43 Å². The van der Waals surface area contributed by atoms with Gasteiger partial charge in [-0.05, 0) is 42.8 Å². The van der Waals surface area contributed by atoms with Gasteiger partial charge in [0, 0.05) is 5.69 Å². The molecule has 0 radical (unpaired) electrons. The van der Waals surface area contributed by atoms with Gasteiger partial charge in [-0.15, -0.1) is 0 Å². The molecule has 0 aliphatic carbocycles. The van der Waals surface area contributed by atoms with Crippen LogP contribution in [0.3, 0.4) is 0 Å². The molecule has 5 heteroatoms. The van der Waals surface area contributed by atoms with E-state index in [9.17, 15) is 4.79 Å². The highest BCUT2D eigenvalue weighted by Crippen LogP contribution is 2.37. The van der Waals surface area contributed by atoms with E-state index in [0.717, 1.165) is 11.3 Å². The highest BCUT2D eigenvalue weighted by atomic mass is 79.9. The molecule has 0 fully saturated rings. The van der Waals surface area contributed by atoms with Gasteiger partial charge in [-0.2, -0.15) is 0 Å². The lowest BCUT2D eigenvalue weighted by Gasteiger charge is -2.36. The zero-order valence-electron chi connectivity index (χ0n) is 13.8. The molecular weight excluding hydrogens is 346 g/mol. The third kappa shape index (κ3) is 5.56. The maximum absolute atomic E-state index is 11.6. The van der Waals surface area contributed by atoms with Crippen molar-refractivity contribution < 1.29 is 9.22 Å². The number of carbonyl (C=O) groups is 1. The predicted molar refractivity (Wildman–Crippen MR) is 95.4 cm³/mol. The van der Waals surface area contributed by atoms with Gasteiger partial charge < -0.3 is 9.74 Å². The molecule has 1 aromatic carbocycles. The molecule has 21 heavy (non-hydrogen) atoms. The Labute approximate surface area is 137 Å². The van der Waals surface area contributed by atoms with Gasteiger partial charge in [-0.25, -0.2) is 0 Å². The lowest BCUT2D eigenvalue weighted by molar-refractivity contribution is -0.115. The van der Waals surface area contributed by atoms with Crippen molar-refractivity contribution >= 4 is 35.8 Å². The lowest BCUT2D eigenvalue weighted by Crippen LogP contribution is -2.40. The van der Waals surface area contributed by atoms with Crippen LogP contribution in [0.1, 0.15) is 33.3 Å². The molecule has 0 bridgehead atoms. The first-order valence-electron chi connectivity index (χ1n) is 7.21. The minimum Gasteiger partial charge on any atom is -0.413 e. The summed E-state index contributed by atoms with van der Waals surface area (Å²) < 4.78 is 6.18. The van der Waals surface area contributed by atoms with Crippen LogP contribution in [0, 0.1) is 0 Å². The Balaban J connectivity index is 2.62. The van der Waals surface area contributed by atoms with Crippen LogP contribution in [0.5, 0.6) is 0 Å². The van der Waals surface area contributed by atoms with Gasteiger partial charge in [-0.3, -0.25) is 4.79 Å². The van der Waals surface area contributed by atoms with Crippen molar-refractivity contribution in [1.29, 1.82) is 0 Å². The summed E-state index contributed by atoms with van der Waals surface area (Å²) in [6, 6.07) is 7.83. The molecule has 0 spiro atoms. The van der Waals surface area contributed by atoms with Crippen LogP contribution >= 0.6 is 15.9 Å². The van der Waals surface area contributed by atoms with E-state index in [0.29, 0.717) is 6.61 Å². The Bertz CT molecular complexity index is 478. The molecule has 3 nitrogen and oxygen atoms in total. The second kappa shape index (κ2) is 7.07. The van der Waals surface area contributed by atoms with Crippen LogP contribution in [-0.2, 0) is 15.8 Å². The molecule has 0 aromatic heterocycles. The minimum atomic E-state index is -1.72. The Morgan fingerprint density at radius 2 is 1.81 bits per heavy atom. The number of alkyl halides is 1. The first kappa shape index (κ1) is 18.4. The maximum Gasteiger partial charge on any atom is 0.237 e. The van der Waals surface area contributed by atoms with Crippen LogP contribution in [-0.4, -0.2) is 19.1 Å². The second-order valence-corrected chi connectivity index (χ2v) is 13.0. The fourth-order valence-electron chi connectivity index (χ4n) is 1.41. The van der Waals surface area contributed by atoms with E-state index >= 15 is 0 Å². The summed E-state index contributed by atoms with van der Waals surface area (Å²) >= 11 is 3.25. The van der Waals surface area contributed by atoms with E-state index in [1.165, 1.54) is 0 Å². The molecule has 1 atom stereocenters. The maximum atomic E-state index is 11.6. The summed E-state index contributed by atoms with van der Waals surface area (Å²) in [7, 11) is -1.72. The summed E-state index contributed by atoms with van der Waals surface area (Å²) in [4.78, 5) is 11.4. The highest BCUT2D eigenvalue weighted by molar-refractivity contribution is 9.10. The molecular formula is C16H26BrNO2Si. The molecule has 1 amide bonds. The second-order valence-electron chi connectivity index (χ2n) is 6.85. The molecule has 0 aliphatic rings. The Morgan fingerprint density at radius 1 is 1.29 bits per heavy atom. The fraction of sp³-hybridized carbons (Fsp3) is 0.562. The van der Waals surface area contributed by atoms with Crippen LogP contribution in [0.25, 0.3) is 0 Å². The molecule has 0 saturated heterocycles. The number of nitrogens with one attached hydrogen (secondary N) is 1. The predicted octanol–water partition coefficient (Wildman–Crippen LogP) is 4.93.